The Labute approximate surface area is 132 Å². The van der Waals surface area contributed by atoms with Crippen LogP contribution >= 0.6 is 0 Å². The van der Waals surface area contributed by atoms with Crippen molar-refractivity contribution in [2.45, 2.75) is 0 Å². The molecular weight excluding hydrogens is 298 g/mol. The molecule has 2 rings (SSSR count). The van der Waals surface area contributed by atoms with Gasteiger partial charge in [-0.3, -0.25) is 14.9 Å². The molecule has 0 bridgehead atoms. The number of pyridine rings is 1. The molecule has 0 saturated heterocycles. The fourth-order valence-corrected chi connectivity index (χ4v) is 1.85. The van der Waals surface area contributed by atoms with Crippen molar-refractivity contribution in [3.8, 4) is 5.75 Å². The van der Waals surface area contributed by atoms with E-state index in [1.54, 1.807) is 12.3 Å². The summed E-state index contributed by atoms with van der Waals surface area (Å²) < 4.78 is 0. The van der Waals surface area contributed by atoms with E-state index < -0.39 is 22.1 Å². The van der Waals surface area contributed by atoms with Crippen LogP contribution in [0.2, 0.25) is 0 Å². The summed E-state index contributed by atoms with van der Waals surface area (Å²) in [4.78, 5) is 28.2. The number of carbonyl (C=O) groups is 1. The molecule has 0 aliphatic rings. The molecule has 0 saturated carbocycles. The minimum Gasteiger partial charge on any atom is -0.502 e. The first kappa shape index (κ1) is 16.2. The number of nitrogens with zero attached hydrogens (tertiary/aromatic N) is 3. The van der Waals surface area contributed by atoms with Gasteiger partial charge in [0, 0.05) is 31.9 Å². The molecule has 0 aliphatic carbocycles. The van der Waals surface area contributed by atoms with Gasteiger partial charge in [-0.2, -0.15) is 0 Å². The second kappa shape index (κ2) is 6.69. The Bertz CT molecular complexity index is 767. The highest BCUT2D eigenvalue weighted by Crippen LogP contribution is 2.26. The van der Waals surface area contributed by atoms with E-state index in [1.807, 2.05) is 31.1 Å². The van der Waals surface area contributed by atoms with E-state index in [-0.39, 0.29) is 5.56 Å². The van der Waals surface area contributed by atoms with Crippen molar-refractivity contribution in [3.05, 3.63) is 63.8 Å². The molecule has 1 aromatic heterocycles. The highest BCUT2D eigenvalue weighted by atomic mass is 16.6. The molecule has 23 heavy (non-hydrogen) atoms. The molecule has 0 radical (unpaired) electrons. The van der Waals surface area contributed by atoms with Gasteiger partial charge < -0.3 is 10.0 Å². The first-order chi connectivity index (χ1) is 10.9. The fraction of sp³-hybridized carbons (Fsp3) is 0.125. The average molecular weight is 313 g/mol. The first-order valence-corrected chi connectivity index (χ1v) is 6.71. The number of hydrogen-bond acceptors (Lipinski definition) is 6. The Morgan fingerprint density at radius 3 is 2.61 bits per heavy atom. The quantitative estimate of drug-likeness (QED) is 0.394. The lowest BCUT2D eigenvalue weighted by Crippen LogP contribution is -2.10. The van der Waals surface area contributed by atoms with Crippen molar-refractivity contribution < 1.29 is 14.8 Å². The van der Waals surface area contributed by atoms with Crippen LogP contribution < -0.4 is 4.90 Å². The number of hydrogen-bond donors (Lipinski definition) is 1. The third-order valence-electron chi connectivity index (χ3n) is 3.11. The zero-order valence-electron chi connectivity index (χ0n) is 12.6. The van der Waals surface area contributed by atoms with Gasteiger partial charge in [0.05, 0.1) is 4.92 Å². The van der Waals surface area contributed by atoms with Crippen LogP contribution in [0.1, 0.15) is 15.9 Å². The van der Waals surface area contributed by atoms with Crippen LogP contribution in [0.15, 0.2) is 42.6 Å². The lowest BCUT2D eigenvalue weighted by atomic mass is 10.1. The maximum atomic E-state index is 12.1. The standard InChI is InChI=1S/C16H15N3O4/c1-18(2)16-8-4-11(10-17-16)3-6-14(20)12-5-7-15(21)13(9-12)19(22)23/h3-10,21H,1-2H3. The molecule has 0 spiro atoms. The van der Waals surface area contributed by atoms with Gasteiger partial charge in [0.1, 0.15) is 5.82 Å². The summed E-state index contributed by atoms with van der Waals surface area (Å²) in [5, 5.41) is 20.1. The maximum Gasteiger partial charge on any atom is 0.311 e. The third kappa shape index (κ3) is 3.91. The van der Waals surface area contributed by atoms with Crippen molar-refractivity contribution in [2.75, 3.05) is 19.0 Å². The monoisotopic (exact) mass is 313 g/mol. The van der Waals surface area contributed by atoms with Crippen LogP contribution in [0.5, 0.6) is 5.75 Å². The van der Waals surface area contributed by atoms with E-state index >= 15 is 0 Å². The minimum atomic E-state index is -0.736. The Hall–Kier alpha value is -3.22. The van der Waals surface area contributed by atoms with Crippen molar-refractivity contribution in [3.63, 3.8) is 0 Å². The molecule has 7 nitrogen and oxygen atoms in total. The second-order valence-corrected chi connectivity index (χ2v) is 5.00. The highest BCUT2D eigenvalue weighted by Gasteiger charge is 2.15. The maximum absolute atomic E-state index is 12.1. The number of ketones is 1. The summed E-state index contributed by atoms with van der Waals surface area (Å²) in [5.41, 5.74) is 0.363. The van der Waals surface area contributed by atoms with Crippen LogP contribution in [-0.4, -0.2) is 34.9 Å². The Morgan fingerprint density at radius 1 is 1.30 bits per heavy atom. The van der Waals surface area contributed by atoms with Gasteiger partial charge in [-0.15, -0.1) is 0 Å². The molecule has 1 N–H and O–H groups in total. The van der Waals surface area contributed by atoms with Crippen LogP contribution in [0.4, 0.5) is 11.5 Å². The molecule has 118 valence electrons. The van der Waals surface area contributed by atoms with E-state index in [0.717, 1.165) is 23.5 Å². The zero-order chi connectivity index (χ0) is 17.0. The van der Waals surface area contributed by atoms with Gasteiger partial charge in [0.15, 0.2) is 11.5 Å². The van der Waals surface area contributed by atoms with Crippen molar-refractivity contribution in [2.24, 2.45) is 0 Å². The van der Waals surface area contributed by atoms with Gasteiger partial charge in [-0.05, 0) is 42.0 Å². The number of rotatable bonds is 5. The number of anilines is 1. The zero-order valence-corrected chi connectivity index (χ0v) is 12.6. The topological polar surface area (TPSA) is 96.6 Å². The van der Waals surface area contributed by atoms with Gasteiger partial charge in [-0.1, -0.05) is 0 Å². The van der Waals surface area contributed by atoms with Crippen molar-refractivity contribution >= 4 is 23.4 Å². The lowest BCUT2D eigenvalue weighted by Gasteiger charge is -2.10. The summed E-state index contributed by atoms with van der Waals surface area (Å²) in [6.45, 7) is 0. The van der Waals surface area contributed by atoms with Crippen molar-refractivity contribution in [1.82, 2.24) is 4.98 Å². The van der Waals surface area contributed by atoms with Gasteiger partial charge in [-0.25, -0.2) is 4.98 Å². The Kier molecular flexibility index (Phi) is 4.70. The van der Waals surface area contributed by atoms with E-state index in [9.17, 15) is 20.0 Å². The van der Waals surface area contributed by atoms with Gasteiger partial charge in [0.2, 0.25) is 0 Å². The average Bonchev–Trinajstić information content (AvgIpc) is 2.53. The molecule has 2 aromatic rings. The molecule has 0 unspecified atom stereocenters. The van der Waals surface area contributed by atoms with Gasteiger partial charge >= 0.3 is 5.69 Å². The smallest absolute Gasteiger partial charge is 0.311 e. The van der Waals surface area contributed by atoms with Crippen LogP contribution in [-0.2, 0) is 0 Å². The number of aromatic hydroxyl groups is 1. The van der Waals surface area contributed by atoms with E-state index in [4.69, 9.17) is 0 Å². The number of nitro benzene ring substituents is 1. The number of carbonyl (C=O) groups excluding carboxylic acids is 1. The normalized spacial score (nSPS) is 10.7. The number of phenols is 1. The highest BCUT2D eigenvalue weighted by molar-refractivity contribution is 6.07. The molecule has 0 fully saturated rings. The first-order valence-electron chi connectivity index (χ1n) is 6.71. The molecule has 1 aromatic carbocycles. The number of aromatic nitrogens is 1. The van der Waals surface area contributed by atoms with Gasteiger partial charge in [0.25, 0.3) is 0 Å². The lowest BCUT2D eigenvalue weighted by molar-refractivity contribution is -0.385. The van der Waals surface area contributed by atoms with E-state index in [1.165, 1.54) is 12.1 Å². The largest absolute Gasteiger partial charge is 0.502 e. The third-order valence-corrected chi connectivity index (χ3v) is 3.11. The summed E-state index contributed by atoms with van der Waals surface area (Å²) in [6.07, 6.45) is 4.51. The summed E-state index contributed by atoms with van der Waals surface area (Å²) in [7, 11) is 3.75. The molecule has 0 aliphatic heterocycles. The molecule has 0 amide bonds. The number of allylic oxidation sites excluding steroid dienone is 1. The predicted molar refractivity (Wildman–Crippen MR) is 86.7 cm³/mol. The number of nitro groups is 1. The SMILES string of the molecule is CN(C)c1ccc(C=CC(=O)c2ccc(O)c([N+](=O)[O-])c2)cn1. The van der Waals surface area contributed by atoms with E-state index in [0.29, 0.717) is 0 Å². The summed E-state index contributed by atoms with van der Waals surface area (Å²) in [5.74, 6) is -0.0774. The summed E-state index contributed by atoms with van der Waals surface area (Å²) >= 11 is 0. The number of benzene rings is 1. The van der Waals surface area contributed by atoms with E-state index in [2.05, 4.69) is 4.98 Å². The van der Waals surface area contributed by atoms with Crippen molar-refractivity contribution in [1.29, 1.82) is 0 Å². The molecular formula is C16H15N3O4. The minimum absolute atomic E-state index is 0.128. The fourth-order valence-electron chi connectivity index (χ4n) is 1.85. The summed E-state index contributed by atoms with van der Waals surface area (Å²) in [6, 6.07) is 7.14. The molecule has 1 heterocycles. The predicted octanol–water partition coefficient (Wildman–Crippen LogP) is 2.66. The van der Waals surface area contributed by atoms with Crippen LogP contribution in [0, 0.1) is 10.1 Å². The Balaban J connectivity index is 2.18. The molecule has 0 atom stereocenters. The van der Waals surface area contributed by atoms with Crippen LogP contribution in [0.25, 0.3) is 6.08 Å². The molecule has 7 heteroatoms. The second-order valence-electron chi connectivity index (χ2n) is 5.00. The number of phenolic OH excluding ortho intramolecular Hbond substituents is 1. The van der Waals surface area contributed by atoms with Crippen LogP contribution in [0.3, 0.4) is 0 Å². The Morgan fingerprint density at radius 2 is 2.04 bits per heavy atom.